The highest BCUT2D eigenvalue weighted by molar-refractivity contribution is 7.44. The van der Waals surface area contributed by atoms with Crippen molar-refractivity contribution >= 4 is 20.2 Å². The molecule has 0 radical (unpaired) electrons. The number of nitrogens with zero attached hydrogens (tertiary/aromatic N) is 5. The van der Waals surface area contributed by atoms with Crippen molar-refractivity contribution in [3.05, 3.63) is 130 Å². The maximum Gasteiger partial charge on any atom is 0.351 e. The molecule has 14 nitrogen and oxygen atoms in total. The van der Waals surface area contributed by atoms with Crippen LogP contribution in [0.4, 0.5) is 5.82 Å². The van der Waals surface area contributed by atoms with Gasteiger partial charge in [-0.15, -0.1) is 0 Å². The van der Waals surface area contributed by atoms with Gasteiger partial charge in [0.15, 0.2) is 12.0 Å². The van der Waals surface area contributed by atoms with E-state index in [1.54, 1.807) is 40.5 Å². The molecule has 0 amide bonds. The Bertz CT molecular complexity index is 1950. The van der Waals surface area contributed by atoms with E-state index in [1.165, 1.54) is 4.57 Å². The molecule has 0 bridgehead atoms. The van der Waals surface area contributed by atoms with Gasteiger partial charge >= 0.3 is 5.69 Å². The summed E-state index contributed by atoms with van der Waals surface area (Å²) in [5.74, 6) is 1.82. The lowest BCUT2D eigenvalue weighted by molar-refractivity contribution is -0.0957. The molecule has 1 saturated heterocycles. The minimum Gasteiger partial charge on any atom is -0.497 e. The third-order valence-corrected chi connectivity index (χ3v) is 11.6. The predicted octanol–water partition coefficient (Wildman–Crippen LogP) is 6.86. The number of aliphatic imine (C=N–C) groups is 1. The number of rotatable bonds is 19. The van der Waals surface area contributed by atoms with E-state index in [4.69, 9.17) is 45.0 Å². The smallest absolute Gasteiger partial charge is 0.351 e. The molecule has 1 fully saturated rings. The van der Waals surface area contributed by atoms with Gasteiger partial charge < -0.3 is 43.3 Å². The average Bonchev–Trinajstić information content (AvgIpc) is 3.54. The van der Waals surface area contributed by atoms with Crippen molar-refractivity contribution in [1.29, 1.82) is 0 Å². The quantitative estimate of drug-likeness (QED) is 0.0265. The Kier molecular flexibility index (Phi) is 15.3. The fraction of sp³-hybridized carbons (Fsp3) is 0.429. The Morgan fingerprint density at radius 3 is 2.00 bits per heavy atom. The van der Waals surface area contributed by atoms with E-state index >= 15 is 0 Å². The van der Waals surface area contributed by atoms with Crippen LogP contribution in [0, 0.1) is 6.57 Å². The van der Waals surface area contributed by atoms with Crippen LogP contribution in [0.5, 0.6) is 11.5 Å². The van der Waals surface area contributed by atoms with Gasteiger partial charge in [0, 0.05) is 25.4 Å². The van der Waals surface area contributed by atoms with Crippen molar-refractivity contribution in [1.82, 2.24) is 14.2 Å². The molecule has 2 unspecified atom stereocenters. The molecule has 0 aliphatic carbocycles. The van der Waals surface area contributed by atoms with Gasteiger partial charge in [-0.3, -0.25) is 4.57 Å². The first-order valence-electron chi connectivity index (χ1n) is 18.7. The van der Waals surface area contributed by atoms with E-state index in [-0.39, 0.29) is 43.5 Å². The lowest BCUT2D eigenvalue weighted by Crippen LogP contribution is -2.43. The molecule has 3 aromatic carbocycles. The summed E-state index contributed by atoms with van der Waals surface area (Å²) in [5.41, 5.74) is 6.51. The monoisotopic (exact) mass is 800 g/mol. The van der Waals surface area contributed by atoms with Crippen LogP contribution < -0.4 is 20.9 Å². The Hall–Kier alpha value is -4.71. The fourth-order valence-corrected chi connectivity index (χ4v) is 8.72. The molecule has 2 N–H and O–H groups in total. The number of benzene rings is 3. The van der Waals surface area contributed by atoms with Gasteiger partial charge in [-0.2, -0.15) is 4.98 Å². The average molecular weight is 801 g/mol. The van der Waals surface area contributed by atoms with Gasteiger partial charge in [0.05, 0.1) is 26.7 Å². The van der Waals surface area contributed by atoms with Crippen molar-refractivity contribution in [2.45, 2.75) is 76.8 Å². The maximum absolute atomic E-state index is 13.6. The first-order valence-corrected chi connectivity index (χ1v) is 19.9. The Labute approximate surface area is 336 Å². The summed E-state index contributed by atoms with van der Waals surface area (Å²) in [6.45, 7) is 17.6. The molecule has 0 saturated carbocycles. The van der Waals surface area contributed by atoms with Crippen molar-refractivity contribution in [3.8, 4) is 11.5 Å². The molecule has 1 aromatic heterocycles. The lowest BCUT2D eigenvalue weighted by atomic mass is 9.80. The molecule has 5 rings (SSSR count). The lowest BCUT2D eigenvalue weighted by Gasteiger charge is -2.39. The molecule has 304 valence electrons. The summed E-state index contributed by atoms with van der Waals surface area (Å²) >= 11 is 0. The zero-order valence-corrected chi connectivity index (χ0v) is 34.7. The van der Waals surface area contributed by atoms with E-state index < -0.39 is 44.4 Å². The highest BCUT2D eigenvalue weighted by Gasteiger charge is 2.51. The van der Waals surface area contributed by atoms with Crippen LogP contribution in [0.2, 0.25) is 0 Å². The summed E-state index contributed by atoms with van der Waals surface area (Å²) in [7, 11) is 3.03. The fourth-order valence-electron chi connectivity index (χ4n) is 6.96. The third kappa shape index (κ3) is 10.1. The standard InChI is InChI=1S/C42H53N6O8P/c1-28(2)48(29(3)4)57(54-26-24-44-6)56-38-36(55-40(39(38)52-9)47-25-23-37(45-30(5)43)46-41(47)49)27-53-42(31-13-11-10-12-14-31,32-15-19-34(50-7)20-16-32)33-17-21-35(51-8)22-18-33/h10-23,25,28-29,36,38-40H,24,26-27H2,1-5,7-9H3,(H2,43,45,46,49)/t36-,38+,39?,40-,57?/m1/s1. The Morgan fingerprint density at radius 2 is 1.51 bits per heavy atom. The van der Waals surface area contributed by atoms with Gasteiger partial charge in [0.25, 0.3) is 8.53 Å². The summed E-state index contributed by atoms with van der Waals surface area (Å²) < 4.78 is 48.2. The molecular formula is C42H53N6O8P. The second-order valence-electron chi connectivity index (χ2n) is 13.9. The van der Waals surface area contributed by atoms with Crippen LogP contribution in [0.25, 0.3) is 4.85 Å². The van der Waals surface area contributed by atoms with Crippen LogP contribution in [-0.2, 0) is 28.9 Å². The number of methoxy groups -OCH3 is 3. The van der Waals surface area contributed by atoms with E-state index in [1.807, 2.05) is 78.9 Å². The molecular weight excluding hydrogens is 747 g/mol. The number of aromatic nitrogens is 2. The van der Waals surface area contributed by atoms with E-state index in [2.05, 4.69) is 47.2 Å². The first-order chi connectivity index (χ1) is 27.5. The maximum atomic E-state index is 13.6. The van der Waals surface area contributed by atoms with Crippen LogP contribution >= 0.6 is 8.53 Å². The Morgan fingerprint density at radius 1 is 0.930 bits per heavy atom. The summed E-state index contributed by atoms with van der Waals surface area (Å²) in [6, 6.07) is 27.1. The van der Waals surface area contributed by atoms with Gasteiger partial charge in [0.2, 0.25) is 6.54 Å². The van der Waals surface area contributed by atoms with E-state index in [9.17, 15) is 4.79 Å². The normalized spacial score (nSPS) is 19.2. The van der Waals surface area contributed by atoms with Crippen molar-refractivity contribution in [3.63, 3.8) is 0 Å². The second-order valence-corrected chi connectivity index (χ2v) is 15.3. The summed E-state index contributed by atoms with van der Waals surface area (Å²) in [6.07, 6.45) is -1.89. The number of hydrogen-bond acceptors (Lipinski definition) is 11. The highest BCUT2D eigenvalue weighted by Crippen LogP contribution is 2.51. The number of hydrogen-bond donors (Lipinski definition) is 1. The summed E-state index contributed by atoms with van der Waals surface area (Å²) in [5, 5.41) is 0. The van der Waals surface area contributed by atoms with Crippen LogP contribution in [0.1, 0.15) is 57.5 Å². The highest BCUT2D eigenvalue weighted by atomic mass is 31.2. The zero-order valence-electron chi connectivity index (χ0n) is 33.8. The van der Waals surface area contributed by atoms with Crippen LogP contribution in [0.15, 0.2) is 101 Å². The van der Waals surface area contributed by atoms with Gasteiger partial charge in [-0.1, -0.05) is 54.6 Å². The van der Waals surface area contributed by atoms with Crippen LogP contribution in [0.3, 0.4) is 0 Å². The second kappa shape index (κ2) is 20.1. The molecule has 1 aliphatic heterocycles. The molecule has 57 heavy (non-hydrogen) atoms. The predicted molar refractivity (Wildman–Crippen MR) is 220 cm³/mol. The third-order valence-electron chi connectivity index (χ3n) is 9.44. The molecule has 4 aromatic rings. The number of ether oxygens (including phenoxy) is 5. The molecule has 15 heteroatoms. The minimum atomic E-state index is -1.76. The van der Waals surface area contributed by atoms with E-state index in [0.717, 1.165) is 16.7 Å². The van der Waals surface area contributed by atoms with E-state index in [0.29, 0.717) is 11.5 Å². The molecule has 2 heterocycles. The zero-order chi connectivity index (χ0) is 41.1. The first kappa shape index (κ1) is 43.4. The minimum absolute atomic E-state index is 0.0275. The Balaban J connectivity index is 1.65. The van der Waals surface area contributed by atoms with Gasteiger partial charge in [-0.05, 0) is 81.6 Å². The van der Waals surface area contributed by atoms with Crippen LogP contribution in [-0.4, -0.2) is 91.5 Å². The summed E-state index contributed by atoms with van der Waals surface area (Å²) in [4.78, 5) is 25.4. The molecule has 1 aliphatic rings. The largest absolute Gasteiger partial charge is 0.497 e. The number of nitrogens with two attached hydrogens (primary N) is 1. The SMILES string of the molecule is [C-]#[N+]CCOP(O[C@@H]1C(OC)[C@H](n2ccc(N=C(C)N)nc2=O)O[C@@H]1COC(c1ccccc1)(c1ccc(OC)cc1)c1ccc(OC)cc1)N(C(C)C)C(C)C. The van der Waals surface area contributed by atoms with Crippen molar-refractivity contribution < 1.29 is 32.7 Å². The molecule has 0 spiro atoms. The molecule has 5 atom stereocenters. The van der Waals surface area contributed by atoms with Crippen molar-refractivity contribution in [2.24, 2.45) is 10.7 Å². The number of amidine groups is 1. The van der Waals surface area contributed by atoms with Gasteiger partial charge in [0.1, 0.15) is 42.0 Å². The topological polar surface area (TPSA) is 145 Å². The van der Waals surface area contributed by atoms with Gasteiger partial charge in [-0.25, -0.2) is 21.0 Å². The van der Waals surface area contributed by atoms with Crippen molar-refractivity contribution in [2.75, 3.05) is 41.1 Å².